The Morgan fingerprint density at radius 3 is 2.78 bits per heavy atom. The maximum atomic E-state index is 12.2. The van der Waals surface area contributed by atoms with Gasteiger partial charge in [0.05, 0.1) is 17.5 Å². The number of nitrogens with one attached hydrogen (secondary N) is 1. The van der Waals surface area contributed by atoms with E-state index in [-0.39, 0.29) is 0 Å². The molecule has 1 atom stereocenters. The Balaban J connectivity index is 1.88. The Kier molecular flexibility index (Phi) is 4.68. The second-order valence-electron chi connectivity index (χ2n) is 5.30. The molecule has 1 unspecified atom stereocenters. The molecule has 8 heteroatoms. The number of fused-ring (bicyclic) bond motifs is 1. The number of hydrogen-bond acceptors (Lipinski definition) is 6. The predicted molar refractivity (Wildman–Crippen MR) is 94.1 cm³/mol. The Labute approximate surface area is 142 Å². The van der Waals surface area contributed by atoms with Crippen LogP contribution < -0.4 is 16.0 Å². The summed E-state index contributed by atoms with van der Waals surface area (Å²) in [5.41, 5.74) is 7.80. The van der Waals surface area contributed by atoms with Crippen LogP contribution >= 0.6 is 11.6 Å². The summed E-state index contributed by atoms with van der Waals surface area (Å²) in [5, 5.41) is 4.20. The first-order valence-electron chi connectivity index (χ1n) is 7.37. The Morgan fingerprint density at radius 1 is 1.35 bits per heavy atom. The van der Waals surface area contributed by atoms with Crippen molar-refractivity contribution in [2.75, 3.05) is 28.4 Å². The summed E-state index contributed by atoms with van der Waals surface area (Å²) in [6.45, 7) is 3.22. The lowest BCUT2D eigenvalue weighted by Crippen LogP contribution is -2.23. The van der Waals surface area contributed by atoms with Crippen LogP contribution in [0.15, 0.2) is 29.4 Å². The first-order valence-corrected chi connectivity index (χ1v) is 9.07. The molecule has 2 heterocycles. The number of halogens is 1. The topological polar surface area (TPSA) is 84.1 Å². The summed E-state index contributed by atoms with van der Waals surface area (Å²) in [7, 11) is -1.22. The number of anilines is 3. The summed E-state index contributed by atoms with van der Waals surface area (Å²) in [6, 6.07) is 7.66. The molecule has 1 aromatic heterocycles. The number of nitrogen functional groups attached to an aromatic ring is 1. The second kappa shape index (κ2) is 6.72. The molecule has 3 rings (SSSR count). The van der Waals surface area contributed by atoms with Crippen molar-refractivity contribution in [2.24, 2.45) is 0 Å². The highest BCUT2D eigenvalue weighted by Gasteiger charge is 2.25. The van der Waals surface area contributed by atoms with Gasteiger partial charge in [0.2, 0.25) is 5.16 Å². The van der Waals surface area contributed by atoms with Crippen molar-refractivity contribution in [3.05, 3.63) is 34.9 Å². The highest BCUT2D eigenvalue weighted by molar-refractivity contribution is 7.84. The van der Waals surface area contributed by atoms with Crippen LogP contribution in [0.25, 0.3) is 0 Å². The largest absolute Gasteiger partial charge is 0.382 e. The van der Waals surface area contributed by atoms with Crippen LogP contribution in [0.4, 0.5) is 17.3 Å². The van der Waals surface area contributed by atoms with Crippen molar-refractivity contribution < 1.29 is 4.21 Å². The minimum Gasteiger partial charge on any atom is -0.382 e. The zero-order chi connectivity index (χ0) is 16.4. The van der Waals surface area contributed by atoms with E-state index in [0.717, 1.165) is 12.0 Å². The second-order valence-corrected chi connectivity index (χ2v) is 7.20. The quantitative estimate of drug-likeness (QED) is 0.805. The molecule has 0 amide bonds. The number of nitrogens with two attached hydrogens (primary N) is 1. The third-order valence-electron chi connectivity index (χ3n) is 3.52. The summed E-state index contributed by atoms with van der Waals surface area (Å²) in [5.74, 6) is 1.57. The van der Waals surface area contributed by atoms with Crippen molar-refractivity contribution in [1.29, 1.82) is 0 Å². The molecule has 1 aliphatic rings. The molecule has 23 heavy (non-hydrogen) atoms. The highest BCUT2D eigenvalue weighted by atomic mass is 35.5. The minimum atomic E-state index is -1.22. The maximum Gasteiger partial charge on any atom is 0.222 e. The fourth-order valence-corrected chi connectivity index (χ4v) is 3.48. The first-order chi connectivity index (χ1) is 11.1. The van der Waals surface area contributed by atoms with Gasteiger partial charge in [-0.25, -0.2) is 9.97 Å². The number of rotatable bonds is 5. The van der Waals surface area contributed by atoms with E-state index in [1.54, 1.807) is 0 Å². The Hall–Kier alpha value is -1.86. The SMILES string of the molecule is CCCS(=O)c1nc(N)c2c(n1)N(Cc1ccc(Cl)cc1)CN2. The van der Waals surface area contributed by atoms with E-state index in [1.165, 1.54) is 0 Å². The van der Waals surface area contributed by atoms with Gasteiger partial charge < -0.3 is 16.0 Å². The molecule has 1 aliphatic heterocycles. The van der Waals surface area contributed by atoms with Gasteiger partial charge in [-0.15, -0.1) is 0 Å². The fraction of sp³-hybridized carbons (Fsp3) is 0.333. The molecule has 0 fully saturated rings. The first kappa shape index (κ1) is 16.0. The molecule has 1 aromatic carbocycles. The van der Waals surface area contributed by atoms with E-state index in [9.17, 15) is 4.21 Å². The molecular weight excluding hydrogens is 334 g/mol. The van der Waals surface area contributed by atoms with E-state index in [2.05, 4.69) is 15.3 Å². The van der Waals surface area contributed by atoms with E-state index < -0.39 is 10.8 Å². The van der Waals surface area contributed by atoms with Gasteiger partial charge in [-0.3, -0.25) is 4.21 Å². The third kappa shape index (κ3) is 3.40. The van der Waals surface area contributed by atoms with Crippen LogP contribution in [-0.4, -0.2) is 26.6 Å². The molecular formula is C15H18ClN5OS. The van der Waals surface area contributed by atoms with Crippen molar-refractivity contribution in [2.45, 2.75) is 25.0 Å². The molecule has 6 nitrogen and oxygen atoms in total. The average molecular weight is 352 g/mol. The van der Waals surface area contributed by atoms with Crippen molar-refractivity contribution in [3.8, 4) is 0 Å². The fourth-order valence-electron chi connectivity index (χ4n) is 2.41. The van der Waals surface area contributed by atoms with Gasteiger partial charge in [-0.2, -0.15) is 0 Å². The van der Waals surface area contributed by atoms with Crippen LogP contribution in [0, 0.1) is 0 Å². The molecule has 0 bridgehead atoms. The van der Waals surface area contributed by atoms with E-state index in [1.807, 2.05) is 36.1 Å². The summed E-state index contributed by atoms with van der Waals surface area (Å²) < 4.78 is 12.2. The highest BCUT2D eigenvalue weighted by Crippen LogP contribution is 2.34. The van der Waals surface area contributed by atoms with E-state index in [4.69, 9.17) is 17.3 Å². The van der Waals surface area contributed by atoms with Gasteiger partial charge in [0.1, 0.15) is 5.69 Å². The van der Waals surface area contributed by atoms with Gasteiger partial charge >= 0.3 is 0 Å². The van der Waals surface area contributed by atoms with E-state index >= 15 is 0 Å². The smallest absolute Gasteiger partial charge is 0.222 e. The summed E-state index contributed by atoms with van der Waals surface area (Å²) in [6.07, 6.45) is 0.805. The van der Waals surface area contributed by atoms with Crippen LogP contribution in [0.3, 0.4) is 0 Å². The standard InChI is InChI=1S/C15H18ClN5OS/c1-2-7-23(22)15-19-13(17)12-14(20-15)21(9-18-12)8-10-3-5-11(16)6-4-10/h3-6,18H,2,7-9H2,1H3,(H2,17,19,20). The zero-order valence-corrected chi connectivity index (χ0v) is 14.3. The molecule has 2 aromatic rings. The zero-order valence-electron chi connectivity index (χ0n) is 12.8. The van der Waals surface area contributed by atoms with E-state index in [0.29, 0.717) is 46.5 Å². The monoisotopic (exact) mass is 351 g/mol. The van der Waals surface area contributed by atoms with Crippen molar-refractivity contribution in [1.82, 2.24) is 9.97 Å². The Morgan fingerprint density at radius 2 is 2.09 bits per heavy atom. The lowest BCUT2D eigenvalue weighted by atomic mass is 10.2. The van der Waals surface area contributed by atoms with Gasteiger partial charge in [0, 0.05) is 17.3 Å². The van der Waals surface area contributed by atoms with Crippen molar-refractivity contribution >= 4 is 39.7 Å². The van der Waals surface area contributed by atoms with Crippen LogP contribution in [0.5, 0.6) is 0 Å². The van der Waals surface area contributed by atoms with Crippen LogP contribution in [-0.2, 0) is 17.3 Å². The van der Waals surface area contributed by atoms with Gasteiger partial charge in [0.25, 0.3) is 0 Å². The van der Waals surface area contributed by atoms with Crippen molar-refractivity contribution in [3.63, 3.8) is 0 Å². The number of aromatic nitrogens is 2. The lowest BCUT2D eigenvalue weighted by Gasteiger charge is -2.17. The van der Waals surface area contributed by atoms with Crippen LogP contribution in [0.2, 0.25) is 5.02 Å². The number of nitrogens with zero attached hydrogens (tertiary/aromatic N) is 3. The maximum absolute atomic E-state index is 12.2. The van der Waals surface area contributed by atoms with Gasteiger partial charge in [-0.05, 0) is 24.1 Å². The molecule has 0 radical (unpaired) electrons. The summed E-state index contributed by atoms with van der Waals surface area (Å²) in [4.78, 5) is 10.7. The molecule has 0 aliphatic carbocycles. The summed E-state index contributed by atoms with van der Waals surface area (Å²) >= 11 is 5.92. The van der Waals surface area contributed by atoms with Gasteiger partial charge in [-0.1, -0.05) is 30.7 Å². The molecule has 0 spiro atoms. The minimum absolute atomic E-state index is 0.299. The molecule has 3 N–H and O–H groups in total. The predicted octanol–water partition coefficient (Wildman–Crippen LogP) is 2.62. The lowest BCUT2D eigenvalue weighted by molar-refractivity contribution is 0.674. The molecule has 122 valence electrons. The van der Waals surface area contributed by atoms with Gasteiger partial charge in [0.15, 0.2) is 11.6 Å². The van der Waals surface area contributed by atoms with Crippen LogP contribution in [0.1, 0.15) is 18.9 Å². The molecule has 0 saturated heterocycles. The number of benzene rings is 1. The number of hydrogen-bond donors (Lipinski definition) is 2. The average Bonchev–Trinajstić information content (AvgIpc) is 2.93. The molecule has 0 saturated carbocycles. The third-order valence-corrected chi connectivity index (χ3v) is 5.14. The Bertz CT molecular complexity index is 737. The normalized spacial score (nSPS) is 14.4.